The lowest BCUT2D eigenvalue weighted by Crippen LogP contribution is -2.41. The molecule has 30 heavy (non-hydrogen) atoms. The molecule has 3 N–H and O–H groups in total. The van der Waals surface area contributed by atoms with Crippen LogP contribution in [-0.4, -0.2) is 62.3 Å². The van der Waals surface area contributed by atoms with Gasteiger partial charge in [0.15, 0.2) is 29.7 Å². The highest BCUT2D eigenvalue weighted by molar-refractivity contribution is 5.76. The first kappa shape index (κ1) is 21.2. The lowest BCUT2D eigenvalue weighted by atomic mass is 10.2. The Balaban J connectivity index is 2.14. The van der Waals surface area contributed by atoms with Crippen LogP contribution >= 0.6 is 0 Å². The molecule has 1 aliphatic heterocycles. The van der Waals surface area contributed by atoms with Crippen LogP contribution in [0.3, 0.4) is 0 Å². The molecule has 162 valence electrons. The minimum absolute atomic E-state index is 0.198. The van der Waals surface area contributed by atoms with Gasteiger partial charge >= 0.3 is 23.3 Å². The third-order valence-electron chi connectivity index (χ3n) is 4.07. The quantitative estimate of drug-likeness (QED) is 0.436. The van der Waals surface area contributed by atoms with Crippen LogP contribution in [-0.2, 0) is 33.3 Å². The number of rotatable bonds is 6. The third-order valence-corrected chi connectivity index (χ3v) is 4.07. The molecule has 3 heterocycles. The van der Waals surface area contributed by atoms with Crippen LogP contribution in [0.5, 0.6) is 0 Å². The Labute approximate surface area is 166 Å². The number of aromatic nitrogens is 4. The van der Waals surface area contributed by atoms with Gasteiger partial charge in [0.1, 0.15) is 12.3 Å². The van der Waals surface area contributed by atoms with Gasteiger partial charge < -0.3 is 18.9 Å². The molecule has 4 unspecified atom stereocenters. The van der Waals surface area contributed by atoms with Gasteiger partial charge in [0.25, 0.3) is 5.56 Å². The highest BCUT2D eigenvalue weighted by Gasteiger charge is 2.52. The number of imidazole rings is 1. The number of carbonyl (C=O) groups excluding carboxylic acids is 3. The van der Waals surface area contributed by atoms with Gasteiger partial charge in [-0.15, -0.1) is 0 Å². The van der Waals surface area contributed by atoms with Crippen LogP contribution in [0.1, 0.15) is 27.0 Å². The Bertz CT molecular complexity index is 1170. The number of fused-ring (bicyclic) bond motifs is 1. The van der Waals surface area contributed by atoms with E-state index in [0.29, 0.717) is 0 Å². The number of aromatic amines is 3. The monoisotopic (exact) mass is 426 g/mol. The molecule has 0 amide bonds. The fourth-order valence-corrected chi connectivity index (χ4v) is 3.09. The van der Waals surface area contributed by atoms with E-state index < -0.39 is 60.2 Å². The Kier molecular flexibility index (Phi) is 5.71. The van der Waals surface area contributed by atoms with E-state index >= 15 is 0 Å². The summed E-state index contributed by atoms with van der Waals surface area (Å²) >= 11 is 0. The van der Waals surface area contributed by atoms with Crippen molar-refractivity contribution in [3.8, 4) is 0 Å². The zero-order valence-corrected chi connectivity index (χ0v) is 16.0. The molecule has 14 heteroatoms. The largest absolute Gasteiger partial charge is 0.453 e. The van der Waals surface area contributed by atoms with Crippen molar-refractivity contribution < 1.29 is 33.3 Å². The number of Topliss-reactive ketones (excluding diaryl/α,β-unsaturated/α-hetero) is 1. The number of hydrogen-bond acceptors (Lipinski definition) is 10. The summed E-state index contributed by atoms with van der Waals surface area (Å²) in [5.41, 5.74) is -3.17. The maximum absolute atomic E-state index is 12.5. The molecule has 1 saturated heterocycles. The van der Waals surface area contributed by atoms with Crippen molar-refractivity contribution in [2.75, 3.05) is 6.61 Å². The van der Waals surface area contributed by atoms with E-state index in [0.717, 1.165) is 18.4 Å². The molecule has 14 nitrogen and oxygen atoms in total. The molecule has 0 saturated carbocycles. The van der Waals surface area contributed by atoms with Crippen LogP contribution in [0, 0.1) is 0 Å². The highest BCUT2D eigenvalue weighted by atomic mass is 16.7. The van der Waals surface area contributed by atoms with Crippen molar-refractivity contribution in [3.63, 3.8) is 0 Å². The molecule has 0 aliphatic carbocycles. The van der Waals surface area contributed by atoms with E-state index in [2.05, 4.69) is 9.97 Å². The second-order valence-corrected chi connectivity index (χ2v) is 6.49. The van der Waals surface area contributed by atoms with Crippen molar-refractivity contribution in [2.24, 2.45) is 0 Å². The summed E-state index contributed by atoms with van der Waals surface area (Å²) in [5, 5.41) is 0. The Hall–Kier alpha value is -3.52. The summed E-state index contributed by atoms with van der Waals surface area (Å²) in [6.07, 6.45) is -5.64. The van der Waals surface area contributed by atoms with Crippen LogP contribution in [0.25, 0.3) is 11.2 Å². The summed E-state index contributed by atoms with van der Waals surface area (Å²) < 4.78 is 22.1. The Morgan fingerprint density at radius 1 is 0.967 bits per heavy atom. The number of carbonyl (C=O) groups is 3. The van der Waals surface area contributed by atoms with Crippen LogP contribution in [0.4, 0.5) is 0 Å². The first-order valence-electron chi connectivity index (χ1n) is 8.66. The summed E-state index contributed by atoms with van der Waals surface area (Å²) in [6, 6.07) is 0. The predicted octanol–water partition coefficient (Wildman–Crippen LogP) is -1.97. The minimum atomic E-state index is -1.48. The molecule has 2 aromatic heterocycles. The van der Waals surface area contributed by atoms with Crippen molar-refractivity contribution in [1.82, 2.24) is 19.5 Å². The fraction of sp³-hybridized carbons (Fsp3) is 0.500. The third kappa shape index (κ3) is 4.08. The summed E-state index contributed by atoms with van der Waals surface area (Å²) in [4.78, 5) is 77.3. The number of H-pyrrole nitrogens is 3. The number of esters is 2. The van der Waals surface area contributed by atoms with Gasteiger partial charge in [-0.3, -0.25) is 38.7 Å². The molecular formula is C16H18N4O10. The number of nitrogens with one attached hydrogen (secondary N) is 3. The van der Waals surface area contributed by atoms with Gasteiger partial charge in [-0.25, -0.2) is 9.59 Å². The van der Waals surface area contributed by atoms with E-state index in [1.54, 1.807) is 0 Å². The van der Waals surface area contributed by atoms with E-state index in [9.17, 15) is 28.8 Å². The van der Waals surface area contributed by atoms with Crippen LogP contribution < -0.4 is 16.9 Å². The first-order chi connectivity index (χ1) is 14.1. The van der Waals surface area contributed by atoms with Gasteiger partial charge in [-0.05, 0) is 6.92 Å². The summed E-state index contributed by atoms with van der Waals surface area (Å²) in [6.45, 7) is 3.00. The lowest BCUT2D eigenvalue weighted by molar-refractivity contribution is -0.192. The topological polar surface area (TPSA) is 192 Å². The minimum Gasteiger partial charge on any atom is -0.453 e. The van der Waals surface area contributed by atoms with E-state index in [1.165, 1.54) is 6.92 Å². The van der Waals surface area contributed by atoms with Gasteiger partial charge in [0.2, 0.25) is 6.29 Å². The van der Waals surface area contributed by atoms with E-state index in [-0.39, 0.29) is 16.9 Å². The number of ketones is 1. The molecule has 0 radical (unpaired) electrons. The number of hydrogen-bond donors (Lipinski definition) is 3. The molecule has 1 fully saturated rings. The van der Waals surface area contributed by atoms with Crippen molar-refractivity contribution >= 4 is 28.9 Å². The zero-order valence-electron chi connectivity index (χ0n) is 16.0. The van der Waals surface area contributed by atoms with Crippen molar-refractivity contribution in [1.29, 1.82) is 0 Å². The maximum atomic E-state index is 12.5. The Morgan fingerprint density at radius 2 is 1.60 bits per heavy atom. The summed E-state index contributed by atoms with van der Waals surface area (Å²) in [7, 11) is 0. The van der Waals surface area contributed by atoms with E-state index in [4.69, 9.17) is 18.9 Å². The first-order valence-corrected chi connectivity index (χ1v) is 8.66. The molecule has 1 aliphatic rings. The molecule has 3 rings (SSSR count). The van der Waals surface area contributed by atoms with Gasteiger partial charge in [-0.2, -0.15) is 0 Å². The van der Waals surface area contributed by atoms with Gasteiger partial charge in [0.05, 0.1) is 0 Å². The molecule has 0 spiro atoms. The molecule has 0 bridgehead atoms. The van der Waals surface area contributed by atoms with E-state index in [1.807, 2.05) is 4.98 Å². The molecular weight excluding hydrogens is 408 g/mol. The molecule has 0 aromatic carbocycles. The average Bonchev–Trinajstić information content (AvgIpc) is 3.09. The van der Waals surface area contributed by atoms with Crippen molar-refractivity contribution in [2.45, 2.75) is 45.5 Å². The highest BCUT2D eigenvalue weighted by Crippen LogP contribution is 2.34. The maximum Gasteiger partial charge on any atom is 0.330 e. The SMILES string of the molecule is CC(=O)COC1OC(n2c(=O)[nH]c3[nH]c(=O)[nH]c(=O)c32)C(OC(C)=O)C1OC(C)=O. The van der Waals surface area contributed by atoms with Crippen LogP contribution in [0.2, 0.25) is 0 Å². The normalized spacial score (nSPS) is 23.4. The number of nitrogens with zero attached hydrogens (tertiary/aromatic N) is 1. The fourth-order valence-electron chi connectivity index (χ4n) is 3.09. The predicted molar refractivity (Wildman–Crippen MR) is 95.5 cm³/mol. The average molecular weight is 426 g/mol. The molecule has 4 atom stereocenters. The van der Waals surface area contributed by atoms with Gasteiger partial charge in [-0.1, -0.05) is 0 Å². The lowest BCUT2D eigenvalue weighted by Gasteiger charge is -2.23. The Morgan fingerprint density at radius 3 is 2.20 bits per heavy atom. The van der Waals surface area contributed by atoms with Gasteiger partial charge in [0, 0.05) is 13.8 Å². The smallest absolute Gasteiger partial charge is 0.330 e. The second-order valence-electron chi connectivity index (χ2n) is 6.49. The summed E-state index contributed by atoms with van der Waals surface area (Å²) in [5.74, 6) is -1.94. The standard InChI is InChI=1S/C16H18N4O10/c1-5(21)4-27-14-10(29-7(3)23)9(28-6(2)22)13(30-14)20-8-11(18-16(20)26)17-15(25)19-12(8)24/h9-10,13-14H,4H2,1-3H3,(H3,17,18,19,24,25,26). The second kappa shape index (κ2) is 8.08. The zero-order chi connectivity index (χ0) is 22.2. The van der Waals surface area contributed by atoms with Crippen molar-refractivity contribution in [3.05, 3.63) is 31.3 Å². The number of ether oxygens (including phenoxy) is 4. The molecule has 2 aromatic rings. The van der Waals surface area contributed by atoms with Crippen LogP contribution in [0.15, 0.2) is 14.4 Å².